The number of piperidine rings is 1. The van der Waals surface area contributed by atoms with Crippen LogP contribution in [0.15, 0.2) is 47.0 Å². The molecule has 6 rings (SSSR count). The third kappa shape index (κ3) is 6.68. The highest BCUT2D eigenvalue weighted by Gasteiger charge is 2.34. The molecule has 2 aliphatic heterocycles. The first-order valence-electron chi connectivity index (χ1n) is 14.2. The van der Waals surface area contributed by atoms with E-state index in [0.29, 0.717) is 73.2 Å². The first kappa shape index (κ1) is 27.2. The molecule has 11 heteroatoms. The van der Waals surface area contributed by atoms with Gasteiger partial charge in [-0.3, -0.25) is 14.5 Å². The SMILES string of the molecule is CCOc1cc2cc(c1)C(=O)N(C)CC(=O)N[C@@H]1CN(Cc3noc(C4CC4)n3)CC[C@@H]1OCc1cccc(c1)O2. The van der Waals surface area contributed by atoms with Crippen LogP contribution in [-0.2, 0) is 22.7 Å². The van der Waals surface area contributed by atoms with Gasteiger partial charge in [0.25, 0.3) is 5.91 Å². The number of nitrogens with one attached hydrogen (secondary N) is 1. The number of benzene rings is 2. The van der Waals surface area contributed by atoms with Gasteiger partial charge < -0.3 is 29.0 Å². The molecule has 0 unspecified atom stereocenters. The standard InChI is InChI=1S/C30H35N5O6/c1-3-38-23-12-21-13-24(14-23)40-22-6-4-5-19(11-22)18-39-26-9-10-35(16-27-32-29(41-33-27)20-7-8-20)15-25(26)31-28(36)17-34(2)30(21)37/h4-6,11-14,20,25-26H,3,7-10,15-18H2,1-2H3,(H,31,36)/t25-,26+/m1/s1. The number of hydrogen-bond acceptors (Lipinski definition) is 9. The van der Waals surface area contributed by atoms with Crippen LogP contribution in [0, 0.1) is 0 Å². The predicted octanol–water partition coefficient (Wildman–Crippen LogP) is 3.50. The van der Waals surface area contributed by atoms with Crippen molar-refractivity contribution in [3.05, 3.63) is 65.3 Å². The molecule has 1 saturated carbocycles. The molecule has 1 saturated heterocycles. The first-order valence-corrected chi connectivity index (χ1v) is 14.2. The number of carbonyl (C=O) groups excluding carboxylic acids is 2. The van der Waals surface area contributed by atoms with Crippen LogP contribution in [0.5, 0.6) is 17.2 Å². The van der Waals surface area contributed by atoms with Gasteiger partial charge in [0.1, 0.15) is 17.2 Å². The predicted molar refractivity (Wildman–Crippen MR) is 148 cm³/mol. The highest BCUT2D eigenvalue weighted by molar-refractivity contribution is 5.97. The van der Waals surface area contributed by atoms with Crippen LogP contribution in [0.4, 0.5) is 0 Å². The molecule has 1 N–H and O–H groups in total. The van der Waals surface area contributed by atoms with Crippen LogP contribution >= 0.6 is 0 Å². The van der Waals surface area contributed by atoms with E-state index in [-0.39, 0.29) is 30.5 Å². The summed E-state index contributed by atoms with van der Waals surface area (Å²) in [4.78, 5) is 34.7. The Morgan fingerprint density at radius 1 is 1.10 bits per heavy atom. The highest BCUT2D eigenvalue weighted by atomic mass is 16.5. The summed E-state index contributed by atoms with van der Waals surface area (Å²) in [5.41, 5.74) is 1.32. The molecular formula is C30H35N5O6. The number of carbonyl (C=O) groups is 2. The molecule has 2 atom stereocenters. The van der Waals surface area contributed by atoms with Crippen LogP contribution in [0.1, 0.15) is 59.7 Å². The molecule has 1 aliphatic carbocycles. The zero-order chi connectivity index (χ0) is 28.3. The van der Waals surface area contributed by atoms with Gasteiger partial charge >= 0.3 is 0 Å². The van der Waals surface area contributed by atoms with Crippen LogP contribution in [0.2, 0.25) is 0 Å². The van der Waals surface area contributed by atoms with Crippen LogP contribution in [0.3, 0.4) is 0 Å². The number of aromatic nitrogens is 2. The fourth-order valence-electron chi connectivity index (χ4n) is 5.31. The van der Waals surface area contributed by atoms with Crippen molar-refractivity contribution in [1.29, 1.82) is 0 Å². The van der Waals surface area contributed by atoms with Crippen molar-refractivity contribution in [2.24, 2.45) is 0 Å². The molecule has 0 radical (unpaired) electrons. The van der Waals surface area contributed by atoms with Crippen molar-refractivity contribution >= 4 is 11.8 Å². The molecule has 2 fully saturated rings. The number of likely N-dealkylation sites (tertiary alicyclic amines) is 1. The van der Waals surface area contributed by atoms with Crippen LogP contribution < -0.4 is 14.8 Å². The van der Waals surface area contributed by atoms with Gasteiger partial charge in [0.05, 0.1) is 38.4 Å². The lowest BCUT2D eigenvalue weighted by molar-refractivity contribution is -0.125. The number of fused-ring (bicyclic) bond motifs is 5. The van der Waals surface area contributed by atoms with Crippen molar-refractivity contribution in [1.82, 2.24) is 25.3 Å². The maximum absolute atomic E-state index is 13.4. The summed E-state index contributed by atoms with van der Waals surface area (Å²) in [7, 11) is 1.61. The van der Waals surface area contributed by atoms with Gasteiger partial charge in [0.15, 0.2) is 5.82 Å². The summed E-state index contributed by atoms with van der Waals surface area (Å²) < 4.78 is 23.6. The monoisotopic (exact) mass is 561 g/mol. The summed E-state index contributed by atoms with van der Waals surface area (Å²) in [5.74, 6) is 2.82. The molecule has 11 nitrogen and oxygen atoms in total. The molecule has 3 aromatic rings. The van der Waals surface area contributed by atoms with E-state index in [2.05, 4.69) is 20.4 Å². The minimum absolute atomic E-state index is 0.105. The van der Waals surface area contributed by atoms with Gasteiger partial charge in [-0.05, 0) is 56.0 Å². The van der Waals surface area contributed by atoms with Gasteiger partial charge in [0, 0.05) is 37.7 Å². The second-order valence-corrected chi connectivity index (χ2v) is 10.9. The lowest BCUT2D eigenvalue weighted by Crippen LogP contribution is -2.57. The normalized spacial score (nSPS) is 22.0. The maximum atomic E-state index is 13.4. The van der Waals surface area contributed by atoms with Gasteiger partial charge in [-0.15, -0.1) is 0 Å². The Morgan fingerprint density at radius 3 is 2.80 bits per heavy atom. The second-order valence-electron chi connectivity index (χ2n) is 10.9. The van der Waals surface area contributed by atoms with Gasteiger partial charge in [-0.25, -0.2) is 0 Å². The number of amides is 2. The molecule has 3 aliphatic rings. The summed E-state index contributed by atoms with van der Waals surface area (Å²) in [6.45, 7) is 4.44. The largest absolute Gasteiger partial charge is 0.494 e. The van der Waals surface area contributed by atoms with E-state index in [9.17, 15) is 9.59 Å². The molecule has 216 valence electrons. The van der Waals surface area contributed by atoms with Gasteiger partial charge in [-0.2, -0.15) is 4.98 Å². The average Bonchev–Trinajstić information content (AvgIpc) is 3.70. The Hall–Kier alpha value is -3.96. The molecule has 4 bridgehead atoms. The minimum atomic E-state index is -0.311. The Kier molecular flexibility index (Phi) is 7.89. The number of nitrogens with zero attached hydrogens (tertiary/aromatic N) is 4. The molecule has 0 spiro atoms. The lowest BCUT2D eigenvalue weighted by atomic mass is 10.0. The van der Waals surface area contributed by atoms with E-state index in [1.807, 2.05) is 31.2 Å². The van der Waals surface area contributed by atoms with Crippen molar-refractivity contribution in [3.63, 3.8) is 0 Å². The molecule has 1 aromatic heterocycles. The minimum Gasteiger partial charge on any atom is -0.494 e. The van der Waals surface area contributed by atoms with Gasteiger partial charge in [0.2, 0.25) is 11.8 Å². The third-order valence-corrected chi connectivity index (χ3v) is 7.52. The van der Waals surface area contributed by atoms with Crippen molar-refractivity contribution < 1.29 is 28.3 Å². The van der Waals surface area contributed by atoms with E-state index in [4.69, 9.17) is 18.7 Å². The molecule has 41 heavy (non-hydrogen) atoms. The summed E-state index contributed by atoms with van der Waals surface area (Å²) in [5, 5.41) is 7.29. The molecule has 3 heterocycles. The molecule has 2 amide bonds. The highest BCUT2D eigenvalue weighted by Crippen LogP contribution is 2.39. The Morgan fingerprint density at radius 2 is 1.98 bits per heavy atom. The van der Waals surface area contributed by atoms with Crippen LogP contribution in [-0.4, -0.2) is 77.2 Å². The van der Waals surface area contributed by atoms with E-state index in [1.54, 1.807) is 25.2 Å². The van der Waals surface area contributed by atoms with E-state index >= 15 is 0 Å². The van der Waals surface area contributed by atoms with Crippen LogP contribution in [0.25, 0.3) is 0 Å². The zero-order valence-corrected chi connectivity index (χ0v) is 23.4. The average molecular weight is 562 g/mol. The third-order valence-electron chi connectivity index (χ3n) is 7.52. The topological polar surface area (TPSA) is 119 Å². The number of rotatable bonds is 5. The zero-order valence-electron chi connectivity index (χ0n) is 23.4. The summed E-state index contributed by atoms with van der Waals surface area (Å²) in [6, 6.07) is 12.5. The summed E-state index contributed by atoms with van der Waals surface area (Å²) in [6.07, 6.45) is 2.71. The quantitative estimate of drug-likeness (QED) is 0.499. The van der Waals surface area contributed by atoms with E-state index in [0.717, 1.165) is 24.9 Å². The van der Waals surface area contributed by atoms with E-state index in [1.165, 1.54) is 4.90 Å². The van der Waals surface area contributed by atoms with E-state index < -0.39 is 0 Å². The van der Waals surface area contributed by atoms with Gasteiger partial charge in [-0.1, -0.05) is 17.3 Å². The fraction of sp³-hybridized carbons (Fsp3) is 0.467. The Labute approximate surface area is 238 Å². The van der Waals surface area contributed by atoms with Crippen molar-refractivity contribution in [2.75, 3.05) is 33.3 Å². The molecule has 2 aromatic carbocycles. The Bertz CT molecular complexity index is 1410. The molecular weight excluding hydrogens is 526 g/mol. The smallest absolute Gasteiger partial charge is 0.254 e. The van der Waals surface area contributed by atoms with Crippen molar-refractivity contribution in [3.8, 4) is 17.2 Å². The lowest BCUT2D eigenvalue weighted by Gasteiger charge is -2.38. The number of hydrogen-bond donors (Lipinski definition) is 1. The second kappa shape index (κ2) is 11.9. The Balaban J connectivity index is 1.23. The fourth-order valence-corrected chi connectivity index (χ4v) is 5.31. The maximum Gasteiger partial charge on any atom is 0.254 e. The first-order chi connectivity index (χ1) is 19.9. The number of ether oxygens (including phenoxy) is 3. The number of likely N-dealkylation sites (N-methyl/N-ethyl adjacent to an activating group) is 1. The summed E-state index contributed by atoms with van der Waals surface area (Å²) >= 11 is 0. The van der Waals surface area contributed by atoms with Crippen molar-refractivity contribution in [2.45, 2.75) is 57.4 Å².